The van der Waals surface area contributed by atoms with Gasteiger partial charge in [-0.3, -0.25) is 0 Å². The number of benzene rings is 1. The average Bonchev–Trinajstić information content (AvgIpc) is 2.06. The van der Waals surface area contributed by atoms with Crippen LogP contribution in [0, 0.1) is 0 Å². The molecule has 0 atom stereocenters. The third-order valence-electron chi connectivity index (χ3n) is 2.14. The molecule has 4 N–H and O–H groups in total. The number of hydrogen-bond acceptors (Lipinski definition) is 3. The van der Waals surface area contributed by atoms with E-state index in [2.05, 4.69) is 0 Å². The Bertz CT molecular complexity index is 316. The molecule has 1 aromatic rings. The van der Waals surface area contributed by atoms with Crippen molar-refractivity contribution in [3.8, 4) is 11.5 Å². The van der Waals surface area contributed by atoms with Gasteiger partial charge in [0.05, 0.1) is 0 Å². The second-order valence-corrected chi connectivity index (χ2v) is 4.27. The fourth-order valence-corrected chi connectivity index (χ4v) is 1.24. The zero-order chi connectivity index (χ0) is 10.8. The topological polar surface area (TPSA) is 66.5 Å². The number of rotatable bonds is 3. The first-order valence-corrected chi connectivity index (χ1v) is 4.69. The van der Waals surface area contributed by atoms with Gasteiger partial charge in [0.2, 0.25) is 0 Å². The van der Waals surface area contributed by atoms with Gasteiger partial charge in [-0.05, 0) is 38.3 Å². The average molecular weight is 195 g/mol. The van der Waals surface area contributed by atoms with E-state index in [4.69, 9.17) is 5.73 Å². The van der Waals surface area contributed by atoms with Gasteiger partial charge in [0.1, 0.15) is 0 Å². The standard InChI is InChI=1S/C11H17NO2/c1-11(2,12)7-6-8-4-3-5-9(13)10(8)14/h3-5,13-14H,6-7,12H2,1-2H3. The van der Waals surface area contributed by atoms with E-state index in [9.17, 15) is 10.2 Å². The fraction of sp³-hybridized carbons (Fsp3) is 0.455. The molecule has 0 spiro atoms. The van der Waals surface area contributed by atoms with Crippen molar-refractivity contribution in [3.05, 3.63) is 23.8 Å². The van der Waals surface area contributed by atoms with Crippen molar-refractivity contribution in [3.63, 3.8) is 0 Å². The van der Waals surface area contributed by atoms with Crippen LogP contribution >= 0.6 is 0 Å². The molecule has 0 saturated heterocycles. The maximum absolute atomic E-state index is 9.50. The van der Waals surface area contributed by atoms with Crippen molar-refractivity contribution in [1.82, 2.24) is 0 Å². The lowest BCUT2D eigenvalue weighted by atomic mass is 9.96. The van der Waals surface area contributed by atoms with E-state index in [1.54, 1.807) is 12.1 Å². The lowest BCUT2D eigenvalue weighted by Gasteiger charge is -2.18. The van der Waals surface area contributed by atoms with Crippen LogP contribution in [-0.4, -0.2) is 15.8 Å². The Morgan fingerprint density at radius 2 is 1.93 bits per heavy atom. The summed E-state index contributed by atoms with van der Waals surface area (Å²) in [5.74, 6) is -0.103. The van der Waals surface area contributed by atoms with E-state index in [0.717, 1.165) is 12.0 Å². The number of nitrogens with two attached hydrogens (primary N) is 1. The Morgan fingerprint density at radius 1 is 1.29 bits per heavy atom. The van der Waals surface area contributed by atoms with Crippen LogP contribution in [0.4, 0.5) is 0 Å². The summed E-state index contributed by atoms with van der Waals surface area (Å²) >= 11 is 0. The van der Waals surface area contributed by atoms with Crippen molar-refractivity contribution in [2.45, 2.75) is 32.2 Å². The van der Waals surface area contributed by atoms with Crippen molar-refractivity contribution in [1.29, 1.82) is 0 Å². The minimum absolute atomic E-state index is 0.0308. The maximum atomic E-state index is 9.50. The van der Waals surface area contributed by atoms with Crippen LogP contribution in [0.5, 0.6) is 11.5 Å². The van der Waals surface area contributed by atoms with Gasteiger partial charge in [0, 0.05) is 5.54 Å². The first-order chi connectivity index (χ1) is 6.40. The smallest absolute Gasteiger partial charge is 0.160 e. The molecule has 0 fully saturated rings. The van der Waals surface area contributed by atoms with E-state index in [1.165, 1.54) is 6.07 Å². The number of aryl methyl sites for hydroxylation is 1. The van der Waals surface area contributed by atoms with Gasteiger partial charge in [0.25, 0.3) is 0 Å². The monoisotopic (exact) mass is 195 g/mol. The zero-order valence-corrected chi connectivity index (χ0v) is 8.62. The molecule has 1 aromatic carbocycles. The van der Waals surface area contributed by atoms with Gasteiger partial charge in [0.15, 0.2) is 11.5 Å². The van der Waals surface area contributed by atoms with E-state index in [0.29, 0.717) is 6.42 Å². The minimum Gasteiger partial charge on any atom is -0.504 e. The predicted octanol–water partition coefficient (Wildman–Crippen LogP) is 1.77. The molecule has 78 valence electrons. The van der Waals surface area contributed by atoms with Crippen LogP contribution in [0.2, 0.25) is 0 Å². The zero-order valence-electron chi connectivity index (χ0n) is 8.62. The van der Waals surface area contributed by atoms with Gasteiger partial charge in [-0.1, -0.05) is 12.1 Å². The molecule has 0 aliphatic rings. The van der Waals surface area contributed by atoms with Gasteiger partial charge in [-0.15, -0.1) is 0 Å². The molecule has 0 aliphatic heterocycles. The van der Waals surface area contributed by atoms with Gasteiger partial charge < -0.3 is 15.9 Å². The van der Waals surface area contributed by atoms with Gasteiger partial charge >= 0.3 is 0 Å². The maximum Gasteiger partial charge on any atom is 0.160 e. The van der Waals surface area contributed by atoms with Gasteiger partial charge in [-0.2, -0.15) is 0 Å². The number of para-hydroxylation sites is 1. The summed E-state index contributed by atoms with van der Waals surface area (Å²) in [6.07, 6.45) is 1.44. The molecular formula is C11H17NO2. The SMILES string of the molecule is CC(C)(N)CCc1cccc(O)c1O. The van der Waals surface area contributed by atoms with Crippen molar-refractivity contribution < 1.29 is 10.2 Å². The number of phenols is 2. The van der Waals surface area contributed by atoms with Crippen LogP contribution in [0.1, 0.15) is 25.8 Å². The summed E-state index contributed by atoms with van der Waals surface area (Å²) in [6.45, 7) is 3.87. The first-order valence-electron chi connectivity index (χ1n) is 4.69. The highest BCUT2D eigenvalue weighted by atomic mass is 16.3. The Kier molecular flexibility index (Phi) is 3.01. The largest absolute Gasteiger partial charge is 0.504 e. The van der Waals surface area contributed by atoms with E-state index in [-0.39, 0.29) is 17.0 Å². The van der Waals surface area contributed by atoms with Crippen LogP contribution in [0.15, 0.2) is 18.2 Å². The molecular weight excluding hydrogens is 178 g/mol. The molecule has 0 bridgehead atoms. The highest BCUT2D eigenvalue weighted by Gasteiger charge is 2.13. The fourth-order valence-electron chi connectivity index (χ4n) is 1.24. The Labute approximate surface area is 84.2 Å². The molecule has 1 rings (SSSR count). The summed E-state index contributed by atoms with van der Waals surface area (Å²) in [6, 6.07) is 4.97. The molecule has 14 heavy (non-hydrogen) atoms. The summed E-state index contributed by atoms with van der Waals surface area (Å²) in [5.41, 5.74) is 6.31. The minimum atomic E-state index is -0.252. The summed E-state index contributed by atoms with van der Waals surface area (Å²) in [5, 5.41) is 18.8. The lowest BCUT2D eigenvalue weighted by Crippen LogP contribution is -2.32. The van der Waals surface area contributed by atoms with Crippen LogP contribution in [0.25, 0.3) is 0 Å². The second-order valence-electron chi connectivity index (χ2n) is 4.27. The van der Waals surface area contributed by atoms with Crippen LogP contribution < -0.4 is 5.73 Å². The summed E-state index contributed by atoms with van der Waals surface area (Å²) in [4.78, 5) is 0. The van der Waals surface area contributed by atoms with Crippen molar-refractivity contribution in [2.75, 3.05) is 0 Å². The second kappa shape index (κ2) is 3.88. The predicted molar refractivity (Wildman–Crippen MR) is 56.4 cm³/mol. The van der Waals surface area contributed by atoms with E-state index >= 15 is 0 Å². The van der Waals surface area contributed by atoms with Crippen LogP contribution in [0.3, 0.4) is 0 Å². The lowest BCUT2D eigenvalue weighted by molar-refractivity contribution is 0.395. The molecule has 0 heterocycles. The van der Waals surface area contributed by atoms with E-state index < -0.39 is 0 Å². The quantitative estimate of drug-likeness (QED) is 0.644. The normalized spacial score (nSPS) is 11.6. The number of hydrogen-bond donors (Lipinski definition) is 3. The Morgan fingerprint density at radius 3 is 2.50 bits per heavy atom. The molecule has 3 nitrogen and oxygen atoms in total. The first kappa shape index (κ1) is 10.9. The van der Waals surface area contributed by atoms with Crippen molar-refractivity contribution >= 4 is 0 Å². The molecule has 0 aliphatic carbocycles. The van der Waals surface area contributed by atoms with E-state index in [1.807, 2.05) is 13.8 Å². The Balaban J connectivity index is 2.73. The number of aromatic hydroxyl groups is 2. The molecule has 3 heteroatoms. The molecule has 0 amide bonds. The third-order valence-corrected chi connectivity index (χ3v) is 2.14. The molecule has 0 unspecified atom stereocenters. The number of phenolic OH excluding ortho intramolecular Hbond substituents is 2. The molecule has 0 aromatic heterocycles. The Hall–Kier alpha value is -1.22. The van der Waals surface area contributed by atoms with Gasteiger partial charge in [-0.25, -0.2) is 0 Å². The summed E-state index contributed by atoms with van der Waals surface area (Å²) in [7, 11) is 0. The van der Waals surface area contributed by atoms with Crippen molar-refractivity contribution in [2.24, 2.45) is 5.73 Å². The highest BCUT2D eigenvalue weighted by Crippen LogP contribution is 2.29. The van der Waals surface area contributed by atoms with Crippen LogP contribution in [-0.2, 0) is 6.42 Å². The third kappa shape index (κ3) is 2.92. The molecule has 0 radical (unpaired) electrons. The summed E-state index contributed by atoms with van der Waals surface area (Å²) < 4.78 is 0. The highest BCUT2D eigenvalue weighted by molar-refractivity contribution is 5.44. The molecule has 0 saturated carbocycles.